The number of thiophene rings is 1. The molecule has 0 saturated carbocycles. The quantitative estimate of drug-likeness (QED) is 0.689. The lowest BCUT2D eigenvalue weighted by atomic mass is 10.1. The summed E-state index contributed by atoms with van der Waals surface area (Å²) in [5, 5.41) is 15.4. The largest absolute Gasteiger partial charge is 0.346 e. The summed E-state index contributed by atoms with van der Waals surface area (Å²) in [6, 6.07) is 1.99. The molecule has 0 aliphatic heterocycles. The lowest BCUT2D eigenvalue weighted by Gasteiger charge is -2.16. The minimum absolute atomic E-state index is 0.00154. The van der Waals surface area contributed by atoms with Crippen LogP contribution in [0.5, 0.6) is 0 Å². The predicted octanol–water partition coefficient (Wildman–Crippen LogP) is 3.80. The summed E-state index contributed by atoms with van der Waals surface area (Å²) < 4.78 is 0. The molecule has 0 unspecified atom stereocenters. The van der Waals surface area contributed by atoms with Crippen molar-refractivity contribution >= 4 is 28.6 Å². The number of nitrogens with one attached hydrogen (secondary N) is 2. The zero-order chi connectivity index (χ0) is 18.0. The van der Waals surface area contributed by atoms with Gasteiger partial charge in [0.1, 0.15) is 5.01 Å². The van der Waals surface area contributed by atoms with E-state index in [1.165, 1.54) is 10.4 Å². The topological polar surface area (TPSA) is 70.7 Å². The van der Waals surface area contributed by atoms with Gasteiger partial charge in [-0.15, -0.1) is 11.3 Å². The van der Waals surface area contributed by atoms with Gasteiger partial charge in [0.15, 0.2) is 0 Å². The summed E-state index contributed by atoms with van der Waals surface area (Å²) in [5.41, 5.74) is 5.05. The molecule has 0 fully saturated rings. The molecule has 2 N–H and O–H groups in total. The van der Waals surface area contributed by atoms with E-state index in [2.05, 4.69) is 44.2 Å². The van der Waals surface area contributed by atoms with E-state index in [1.807, 2.05) is 20.8 Å². The van der Waals surface area contributed by atoms with E-state index in [0.717, 1.165) is 34.1 Å². The molecule has 1 atom stereocenters. The van der Waals surface area contributed by atoms with Crippen LogP contribution in [-0.2, 0) is 17.6 Å². The zero-order valence-electron chi connectivity index (χ0n) is 14.8. The van der Waals surface area contributed by atoms with E-state index < -0.39 is 0 Å². The van der Waals surface area contributed by atoms with Crippen molar-refractivity contribution in [1.82, 2.24) is 20.5 Å². The monoisotopic (exact) mass is 374 g/mol. The third kappa shape index (κ3) is 4.16. The van der Waals surface area contributed by atoms with Crippen LogP contribution in [0.25, 0.3) is 0 Å². The van der Waals surface area contributed by atoms with Crippen LogP contribution in [0.1, 0.15) is 44.1 Å². The van der Waals surface area contributed by atoms with Crippen molar-refractivity contribution in [2.24, 2.45) is 0 Å². The van der Waals surface area contributed by atoms with Crippen molar-refractivity contribution < 1.29 is 4.79 Å². The van der Waals surface area contributed by atoms with Crippen LogP contribution in [-0.4, -0.2) is 21.1 Å². The van der Waals surface area contributed by atoms with Crippen LogP contribution in [0.4, 0.5) is 0 Å². The van der Waals surface area contributed by atoms with Gasteiger partial charge in [0.05, 0.1) is 23.9 Å². The highest BCUT2D eigenvalue weighted by Gasteiger charge is 2.21. The Morgan fingerprint density at radius 2 is 2.08 bits per heavy atom. The average Bonchev–Trinajstić information content (AvgIpc) is 3.26. The van der Waals surface area contributed by atoms with Gasteiger partial charge in [0.25, 0.3) is 0 Å². The molecule has 0 spiro atoms. The Kier molecular flexibility index (Phi) is 5.34. The SMILES string of the molecule is Cc1nc([C@@H](Cc2ccsc2)NC(=O)Cc2c(C)n[nH]c2C)sc1C. The molecule has 0 aliphatic carbocycles. The van der Waals surface area contributed by atoms with Gasteiger partial charge in [-0.3, -0.25) is 9.89 Å². The Balaban J connectivity index is 1.78. The van der Waals surface area contributed by atoms with Gasteiger partial charge in [-0.25, -0.2) is 4.98 Å². The summed E-state index contributed by atoms with van der Waals surface area (Å²) in [6.07, 6.45) is 1.09. The smallest absolute Gasteiger partial charge is 0.225 e. The maximum Gasteiger partial charge on any atom is 0.225 e. The molecule has 0 radical (unpaired) electrons. The Morgan fingerprint density at radius 1 is 1.28 bits per heavy atom. The second kappa shape index (κ2) is 7.49. The molecule has 3 rings (SSSR count). The first-order valence-corrected chi connectivity index (χ1v) is 9.94. The van der Waals surface area contributed by atoms with Crippen LogP contribution < -0.4 is 5.32 Å². The lowest BCUT2D eigenvalue weighted by Crippen LogP contribution is -2.31. The van der Waals surface area contributed by atoms with Crippen molar-refractivity contribution in [3.8, 4) is 0 Å². The molecular weight excluding hydrogens is 352 g/mol. The molecule has 3 aromatic heterocycles. The van der Waals surface area contributed by atoms with Crippen molar-refractivity contribution in [3.63, 3.8) is 0 Å². The maximum absolute atomic E-state index is 12.6. The molecule has 7 heteroatoms. The van der Waals surface area contributed by atoms with Crippen LogP contribution >= 0.6 is 22.7 Å². The fourth-order valence-corrected chi connectivity index (χ4v) is 4.39. The number of nitrogens with zero attached hydrogens (tertiary/aromatic N) is 2. The molecule has 3 heterocycles. The van der Waals surface area contributed by atoms with Crippen molar-refractivity contribution in [2.45, 2.75) is 46.6 Å². The number of carbonyl (C=O) groups is 1. The Morgan fingerprint density at radius 3 is 2.64 bits per heavy atom. The summed E-state index contributed by atoms with van der Waals surface area (Å²) >= 11 is 3.33. The number of hydrogen-bond donors (Lipinski definition) is 2. The summed E-state index contributed by atoms with van der Waals surface area (Å²) in [7, 11) is 0. The van der Waals surface area contributed by atoms with Gasteiger partial charge < -0.3 is 5.32 Å². The van der Waals surface area contributed by atoms with Gasteiger partial charge >= 0.3 is 0 Å². The number of aryl methyl sites for hydroxylation is 4. The highest BCUT2D eigenvalue weighted by Crippen LogP contribution is 2.26. The number of thiazole rings is 1. The number of aromatic amines is 1. The average molecular weight is 375 g/mol. The van der Waals surface area contributed by atoms with Crippen LogP contribution in [0, 0.1) is 27.7 Å². The number of hydrogen-bond acceptors (Lipinski definition) is 5. The first-order valence-electron chi connectivity index (χ1n) is 8.19. The van der Waals surface area contributed by atoms with Crippen molar-refractivity contribution in [1.29, 1.82) is 0 Å². The van der Waals surface area contributed by atoms with E-state index in [1.54, 1.807) is 22.7 Å². The molecule has 25 heavy (non-hydrogen) atoms. The number of carbonyl (C=O) groups excluding carboxylic acids is 1. The standard InChI is InChI=1S/C18H22N4OS2/c1-10-13(4)25-18(19-10)16(7-14-5-6-24-9-14)20-17(23)8-15-11(2)21-22-12(15)3/h5-6,9,16H,7-8H2,1-4H3,(H,20,23)(H,21,22)/t16-/m1/s1. The van der Waals surface area contributed by atoms with Crippen LogP contribution in [0.15, 0.2) is 16.8 Å². The normalized spacial score (nSPS) is 12.3. The molecule has 0 saturated heterocycles. The highest BCUT2D eigenvalue weighted by atomic mass is 32.1. The molecule has 1 amide bonds. The van der Waals surface area contributed by atoms with E-state index in [4.69, 9.17) is 0 Å². The molecule has 5 nitrogen and oxygen atoms in total. The molecule has 0 aromatic carbocycles. The Labute approximate surface area is 155 Å². The second-order valence-electron chi connectivity index (χ2n) is 6.24. The highest BCUT2D eigenvalue weighted by molar-refractivity contribution is 7.11. The second-order valence-corrected chi connectivity index (χ2v) is 8.25. The van der Waals surface area contributed by atoms with Gasteiger partial charge in [0.2, 0.25) is 5.91 Å². The first-order chi connectivity index (χ1) is 11.9. The summed E-state index contributed by atoms with van der Waals surface area (Å²) in [4.78, 5) is 18.5. The Bertz CT molecular complexity index is 825. The van der Waals surface area contributed by atoms with Gasteiger partial charge in [-0.1, -0.05) is 0 Å². The Hall–Kier alpha value is -1.99. The van der Waals surface area contributed by atoms with E-state index in [0.29, 0.717) is 6.42 Å². The van der Waals surface area contributed by atoms with Crippen molar-refractivity contribution in [3.05, 3.63) is 54.9 Å². The van der Waals surface area contributed by atoms with Crippen LogP contribution in [0.2, 0.25) is 0 Å². The molecule has 3 aromatic rings. The van der Waals surface area contributed by atoms with Crippen molar-refractivity contribution in [2.75, 3.05) is 0 Å². The third-order valence-electron chi connectivity index (χ3n) is 4.32. The van der Waals surface area contributed by atoms with E-state index in [-0.39, 0.29) is 11.9 Å². The molecule has 0 aliphatic rings. The van der Waals surface area contributed by atoms with Gasteiger partial charge in [-0.2, -0.15) is 16.4 Å². The fraction of sp³-hybridized carbons (Fsp3) is 0.389. The van der Waals surface area contributed by atoms with E-state index in [9.17, 15) is 4.79 Å². The number of amides is 1. The predicted molar refractivity (Wildman–Crippen MR) is 102 cm³/mol. The molecule has 132 valence electrons. The fourth-order valence-electron chi connectivity index (χ4n) is 2.73. The number of rotatable bonds is 6. The number of H-pyrrole nitrogens is 1. The summed E-state index contributed by atoms with van der Waals surface area (Å²) in [5.74, 6) is -0.00154. The molecule has 0 bridgehead atoms. The van der Waals surface area contributed by atoms with E-state index >= 15 is 0 Å². The minimum atomic E-state index is -0.105. The number of aromatic nitrogens is 3. The van der Waals surface area contributed by atoms with Crippen LogP contribution in [0.3, 0.4) is 0 Å². The molecular formula is C18H22N4OS2. The minimum Gasteiger partial charge on any atom is -0.346 e. The van der Waals surface area contributed by atoms with Gasteiger partial charge in [-0.05, 0) is 50.1 Å². The lowest BCUT2D eigenvalue weighted by molar-refractivity contribution is -0.121. The zero-order valence-corrected chi connectivity index (χ0v) is 16.5. The summed E-state index contributed by atoms with van der Waals surface area (Å²) in [6.45, 7) is 7.94. The maximum atomic E-state index is 12.6. The first kappa shape index (κ1) is 17.8. The van der Waals surface area contributed by atoms with Gasteiger partial charge in [0, 0.05) is 22.6 Å². The third-order valence-corrected chi connectivity index (χ3v) is 6.23.